The van der Waals surface area contributed by atoms with Crippen LogP contribution in [0.3, 0.4) is 0 Å². The summed E-state index contributed by atoms with van der Waals surface area (Å²) >= 11 is 0. The molecule has 0 amide bonds. The van der Waals surface area contributed by atoms with Gasteiger partial charge in [-0.05, 0) is 52.8 Å². The summed E-state index contributed by atoms with van der Waals surface area (Å²) < 4.78 is 0. The number of allylic oxidation sites excluding steroid dienone is 2. The second-order valence-corrected chi connectivity index (χ2v) is 16.9. The van der Waals surface area contributed by atoms with Crippen LogP contribution in [0.25, 0.3) is 44.3 Å². The molecule has 1 N–H and O–H groups in total. The van der Waals surface area contributed by atoms with Gasteiger partial charge in [0.05, 0.1) is 5.76 Å². The smallest absolute Gasteiger partial charge is 0.155 e. The molecule has 2 heterocycles. The fraction of sp³-hybridized carbons (Fsp3) is 0.211. The standard InChI is InChI=1S/C33H30NSi.C5H8O2.Ir/c1-33(2,3)29-20-25(19-24-13-9-10-14-26(24)29)31-32-28(17-18-34-31)27-16-15-23(21-30(27)35(32,4)5)22-11-7-6-8-12-22;1-4(6)3-5(2)7;/h6-18,20-21H,1-5H3;3,6H,1-2H3;/q-1;;/b;4-3-;. The number of hydrogen-bond acceptors (Lipinski definition) is 3. The van der Waals surface area contributed by atoms with E-state index in [1.165, 1.54) is 63.5 Å². The van der Waals surface area contributed by atoms with Gasteiger partial charge in [-0.3, -0.25) is 9.78 Å². The molecule has 3 nitrogen and oxygen atoms in total. The second kappa shape index (κ2) is 12.5. The molecule has 1 radical (unpaired) electrons. The molecule has 0 bridgehead atoms. The summed E-state index contributed by atoms with van der Waals surface area (Å²) in [6.45, 7) is 14.7. The van der Waals surface area contributed by atoms with E-state index in [1.54, 1.807) is 0 Å². The van der Waals surface area contributed by atoms with Gasteiger partial charge in [0, 0.05) is 38.1 Å². The van der Waals surface area contributed by atoms with Crippen molar-refractivity contribution in [3.05, 3.63) is 115 Å². The SMILES string of the molecule is CC(=O)/C=C(/C)O.CC(C)(C)c1cc(-c2nccc3c2[Si](C)(C)c2cc(-c4ccccc4)ccc2-3)[c-]c2ccccc12.[Ir]. The molecule has 0 spiro atoms. The predicted molar refractivity (Wildman–Crippen MR) is 179 cm³/mol. The van der Waals surface area contributed by atoms with Crippen LogP contribution in [0.4, 0.5) is 0 Å². The zero-order chi connectivity index (χ0) is 30.2. The molecule has 5 heteroatoms. The first kappa shape index (κ1) is 32.3. The number of carbonyl (C=O) groups excluding carboxylic acids is 1. The number of aromatic nitrogens is 1. The molecule has 43 heavy (non-hydrogen) atoms. The summed E-state index contributed by atoms with van der Waals surface area (Å²) in [6.07, 6.45) is 3.15. The number of aliphatic hydroxyl groups excluding tert-OH is 1. The van der Waals surface area contributed by atoms with Crippen molar-refractivity contribution in [3.8, 4) is 33.5 Å². The van der Waals surface area contributed by atoms with Crippen LogP contribution in [-0.4, -0.2) is 23.9 Å². The molecule has 4 aromatic carbocycles. The maximum absolute atomic E-state index is 10.0. The zero-order valence-electron chi connectivity index (χ0n) is 25.9. The van der Waals surface area contributed by atoms with Gasteiger partial charge in [-0.1, -0.05) is 117 Å². The van der Waals surface area contributed by atoms with Gasteiger partial charge in [0.2, 0.25) is 0 Å². The Morgan fingerprint density at radius 1 is 0.860 bits per heavy atom. The minimum atomic E-state index is -1.99. The summed E-state index contributed by atoms with van der Waals surface area (Å²) in [7, 11) is -1.99. The van der Waals surface area contributed by atoms with Gasteiger partial charge in [-0.25, -0.2) is 0 Å². The van der Waals surface area contributed by atoms with Gasteiger partial charge in [0.1, 0.15) is 8.07 Å². The topological polar surface area (TPSA) is 50.2 Å². The number of nitrogens with zero attached hydrogens (tertiary/aromatic N) is 1. The van der Waals surface area contributed by atoms with Crippen molar-refractivity contribution in [2.75, 3.05) is 0 Å². The second-order valence-electron chi connectivity index (χ2n) is 12.6. The summed E-state index contributed by atoms with van der Waals surface area (Å²) in [5.74, 6) is -0.0625. The van der Waals surface area contributed by atoms with E-state index < -0.39 is 8.07 Å². The van der Waals surface area contributed by atoms with Crippen LogP contribution in [0, 0.1) is 6.07 Å². The fourth-order valence-electron chi connectivity index (χ4n) is 6.04. The zero-order valence-corrected chi connectivity index (χ0v) is 29.3. The molecule has 0 saturated heterocycles. The monoisotopic (exact) mass is 761 g/mol. The van der Waals surface area contributed by atoms with Gasteiger partial charge in [0.25, 0.3) is 0 Å². The fourth-order valence-corrected chi connectivity index (χ4v) is 9.40. The van der Waals surface area contributed by atoms with Crippen LogP contribution < -0.4 is 10.4 Å². The minimum absolute atomic E-state index is 0. The molecule has 1 aliphatic heterocycles. The first-order chi connectivity index (χ1) is 19.9. The van der Waals surface area contributed by atoms with E-state index in [9.17, 15) is 4.79 Å². The number of carbonyl (C=O) groups is 1. The number of hydrogen-bond donors (Lipinski definition) is 1. The van der Waals surface area contributed by atoms with E-state index in [4.69, 9.17) is 10.1 Å². The molecule has 6 rings (SSSR count). The predicted octanol–water partition coefficient (Wildman–Crippen LogP) is 8.50. The first-order valence-corrected chi connectivity index (χ1v) is 17.4. The third-order valence-electron chi connectivity index (χ3n) is 7.92. The quantitative estimate of drug-likeness (QED) is 0.0869. The molecule has 0 unspecified atom stereocenters. The average Bonchev–Trinajstić information content (AvgIpc) is 3.18. The summed E-state index contributed by atoms with van der Waals surface area (Å²) in [4.78, 5) is 15.0. The van der Waals surface area contributed by atoms with Gasteiger partial charge in [-0.15, -0.1) is 29.1 Å². The Kier molecular flexibility index (Phi) is 9.41. The van der Waals surface area contributed by atoms with E-state index in [-0.39, 0.29) is 37.1 Å². The van der Waals surface area contributed by atoms with Crippen molar-refractivity contribution in [3.63, 3.8) is 0 Å². The minimum Gasteiger partial charge on any atom is -0.512 e. The molecule has 0 aliphatic carbocycles. The van der Waals surface area contributed by atoms with Gasteiger partial charge in [0.15, 0.2) is 5.78 Å². The molecule has 1 aromatic heterocycles. The molecule has 1 aliphatic rings. The third kappa shape index (κ3) is 6.50. The Morgan fingerprint density at radius 2 is 1.53 bits per heavy atom. The van der Waals surface area contributed by atoms with Crippen LogP contribution in [0.1, 0.15) is 40.2 Å². The van der Waals surface area contributed by atoms with Crippen LogP contribution in [0.5, 0.6) is 0 Å². The summed E-state index contributed by atoms with van der Waals surface area (Å²) in [5.41, 5.74) is 8.88. The molecule has 221 valence electrons. The number of rotatable bonds is 3. The Hall–Kier alpha value is -3.63. The largest absolute Gasteiger partial charge is 0.512 e. The third-order valence-corrected chi connectivity index (χ3v) is 11.4. The van der Waals surface area contributed by atoms with Crippen LogP contribution in [0.15, 0.2) is 103 Å². The van der Waals surface area contributed by atoms with Crippen molar-refractivity contribution < 1.29 is 30.0 Å². The van der Waals surface area contributed by atoms with Crippen molar-refractivity contribution >= 4 is 35.0 Å². The van der Waals surface area contributed by atoms with Crippen LogP contribution >= 0.6 is 0 Å². The van der Waals surface area contributed by atoms with E-state index in [0.29, 0.717) is 0 Å². The van der Waals surface area contributed by atoms with Crippen LogP contribution in [-0.2, 0) is 30.3 Å². The number of ketones is 1. The number of fused-ring (bicyclic) bond motifs is 4. The maximum Gasteiger partial charge on any atom is 0.155 e. The number of benzene rings is 4. The van der Waals surface area contributed by atoms with E-state index in [2.05, 4.69) is 125 Å². The molecule has 0 saturated carbocycles. The Morgan fingerprint density at radius 3 is 2.16 bits per heavy atom. The van der Waals surface area contributed by atoms with Crippen molar-refractivity contribution in [2.45, 2.75) is 53.1 Å². The number of aliphatic hydroxyl groups is 1. The number of pyridine rings is 1. The summed E-state index contributed by atoms with van der Waals surface area (Å²) in [6, 6.07) is 34.7. The molecule has 0 atom stereocenters. The van der Waals surface area contributed by atoms with Gasteiger partial charge < -0.3 is 5.11 Å². The molecule has 5 aromatic rings. The van der Waals surface area contributed by atoms with Gasteiger partial charge in [-0.2, -0.15) is 0 Å². The van der Waals surface area contributed by atoms with E-state index in [1.807, 2.05) is 6.20 Å². The molecular weight excluding hydrogens is 723 g/mol. The molecular formula is C38H38IrNO2Si-. The van der Waals surface area contributed by atoms with Gasteiger partial charge >= 0.3 is 0 Å². The van der Waals surface area contributed by atoms with Crippen molar-refractivity contribution in [1.82, 2.24) is 4.98 Å². The van der Waals surface area contributed by atoms with Crippen LogP contribution in [0.2, 0.25) is 13.1 Å². The average molecular weight is 761 g/mol. The first-order valence-electron chi connectivity index (χ1n) is 14.4. The Labute approximate surface area is 270 Å². The van der Waals surface area contributed by atoms with Crippen molar-refractivity contribution in [1.29, 1.82) is 0 Å². The normalized spacial score (nSPS) is 13.3. The van der Waals surface area contributed by atoms with Crippen molar-refractivity contribution in [2.24, 2.45) is 0 Å². The Balaban J connectivity index is 0.000000475. The molecule has 0 fully saturated rings. The van der Waals surface area contributed by atoms with E-state index in [0.717, 1.165) is 16.6 Å². The Bertz CT molecular complexity index is 1830. The summed E-state index contributed by atoms with van der Waals surface area (Å²) in [5, 5.41) is 13.7. The maximum atomic E-state index is 10.0. The van der Waals surface area contributed by atoms with E-state index >= 15 is 0 Å².